The molecule has 1 aromatic heterocycles. The minimum absolute atomic E-state index is 0. The number of aromatic nitrogens is 1. The van der Waals surface area contributed by atoms with Crippen molar-refractivity contribution in [3.8, 4) is 0 Å². The largest absolute Gasteiger partial charge is 3.00 e. The van der Waals surface area contributed by atoms with Crippen molar-refractivity contribution in [3.05, 3.63) is 86.7 Å². The molecule has 0 aliphatic rings. The van der Waals surface area contributed by atoms with Crippen LogP contribution in [0.3, 0.4) is 0 Å². The number of aliphatic imine (C=N–C) groups is 2. The van der Waals surface area contributed by atoms with Crippen molar-refractivity contribution < 1.29 is 55.8 Å². The van der Waals surface area contributed by atoms with Gasteiger partial charge in [-0.05, 0) is 100 Å². The fourth-order valence-corrected chi connectivity index (χ4v) is 4.72. The predicted molar refractivity (Wildman–Crippen MR) is 153 cm³/mol. The standard InChI is InChI=1S/C32H41N3.3ClH.V/c1-10-25-14-20(5)15-26(11-2)31(25)33-23(8)29-18-22(7)19-30(35-29)24(9)34-32-27(12-3)16-21(6)17-28(32)13-4;;;;/h14-19H,10-13H2,1-9H3;3*1H;/q;;;;+3/p-3. The van der Waals surface area contributed by atoms with Gasteiger partial charge in [-0.3, -0.25) is 9.98 Å². The summed E-state index contributed by atoms with van der Waals surface area (Å²) in [6.07, 6.45) is 3.87. The molecule has 0 aliphatic heterocycles. The van der Waals surface area contributed by atoms with Crippen LogP contribution in [0.25, 0.3) is 0 Å². The topological polar surface area (TPSA) is 37.6 Å². The van der Waals surface area contributed by atoms with E-state index in [1.807, 2.05) is 0 Å². The first-order chi connectivity index (χ1) is 16.7. The molecule has 0 spiro atoms. The van der Waals surface area contributed by atoms with Crippen molar-refractivity contribution in [2.75, 3.05) is 0 Å². The molecule has 3 aromatic rings. The molecule has 210 valence electrons. The summed E-state index contributed by atoms with van der Waals surface area (Å²) in [6.45, 7) is 19.4. The Balaban J connectivity index is 0. The third kappa shape index (κ3) is 9.76. The molecule has 0 atom stereocenters. The molecule has 0 radical (unpaired) electrons. The van der Waals surface area contributed by atoms with Crippen LogP contribution in [-0.4, -0.2) is 16.4 Å². The summed E-state index contributed by atoms with van der Waals surface area (Å²) in [5, 5.41) is 0. The van der Waals surface area contributed by atoms with E-state index in [1.54, 1.807) is 0 Å². The summed E-state index contributed by atoms with van der Waals surface area (Å²) in [7, 11) is 0. The Bertz CT molecular complexity index is 1150. The first-order valence-corrected chi connectivity index (χ1v) is 13.0. The maximum atomic E-state index is 5.12. The van der Waals surface area contributed by atoms with Crippen LogP contribution in [0.15, 0.2) is 46.4 Å². The molecule has 0 bridgehead atoms. The molecule has 0 fully saturated rings. The molecule has 0 saturated carbocycles. The zero-order chi connectivity index (χ0) is 25.7. The van der Waals surface area contributed by atoms with Crippen LogP contribution in [0.2, 0.25) is 0 Å². The van der Waals surface area contributed by atoms with Crippen LogP contribution in [0.1, 0.15) is 91.9 Å². The van der Waals surface area contributed by atoms with E-state index in [-0.39, 0.29) is 55.8 Å². The molecule has 0 unspecified atom stereocenters. The van der Waals surface area contributed by atoms with Crippen molar-refractivity contribution in [2.45, 2.75) is 88.0 Å². The average Bonchev–Trinajstić information content (AvgIpc) is 2.84. The molecule has 0 amide bonds. The first-order valence-electron chi connectivity index (χ1n) is 13.0. The van der Waals surface area contributed by atoms with E-state index in [1.165, 1.54) is 38.9 Å². The maximum absolute atomic E-state index is 5.12. The molecular formula is C32H41Cl3N3V. The van der Waals surface area contributed by atoms with Crippen LogP contribution >= 0.6 is 0 Å². The van der Waals surface area contributed by atoms with E-state index in [9.17, 15) is 0 Å². The van der Waals surface area contributed by atoms with Crippen molar-refractivity contribution in [1.82, 2.24) is 4.98 Å². The van der Waals surface area contributed by atoms with E-state index in [4.69, 9.17) is 15.0 Å². The van der Waals surface area contributed by atoms with Crippen LogP contribution in [0.4, 0.5) is 11.4 Å². The van der Waals surface area contributed by atoms with Gasteiger partial charge in [0.1, 0.15) is 0 Å². The summed E-state index contributed by atoms with van der Waals surface area (Å²) in [6, 6.07) is 13.3. The van der Waals surface area contributed by atoms with Gasteiger partial charge in [0.25, 0.3) is 0 Å². The van der Waals surface area contributed by atoms with Gasteiger partial charge >= 0.3 is 18.6 Å². The molecular weight excluding hydrogens is 584 g/mol. The minimum Gasteiger partial charge on any atom is -1.00 e. The zero-order valence-electron chi connectivity index (χ0n) is 24.7. The van der Waals surface area contributed by atoms with E-state index in [0.29, 0.717) is 0 Å². The van der Waals surface area contributed by atoms with E-state index >= 15 is 0 Å². The quantitative estimate of drug-likeness (QED) is 0.313. The number of hydrogen-bond acceptors (Lipinski definition) is 3. The number of benzene rings is 2. The molecule has 3 nitrogen and oxygen atoms in total. The molecule has 0 aliphatic carbocycles. The van der Waals surface area contributed by atoms with Crippen molar-refractivity contribution in [3.63, 3.8) is 0 Å². The van der Waals surface area contributed by atoms with Crippen molar-refractivity contribution in [2.24, 2.45) is 9.98 Å². The molecule has 39 heavy (non-hydrogen) atoms. The number of rotatable bonds is 8. The SMILES string of the molecule is CCc1cc(C)cc(CC)c1N=C(C)c1cc(C)cc(C(C)=Nc2c(CC)cc(C)cc2CC)n1.[Cl-].[Cl-].[Cl-].[V+3]. The second-order valence-corrected chi connectivity index (χ2v) is 9.59. The monoisotopic (exact) mass is 623 g/mol. The smallest absolute Gasteiger partial charge is 1.00 e. The second-order valence-electron chi connectivity index (χ2n) is 9.59. The van der Waals surface area contributed by atoms with Gasteiger partial charge in [-0.25, -0.2) is 4.98 Å². The molecule has 0 N–H and O–H groups in total. The Hall–Kier alpha value is -1.62. The normalized spacial score (nSPS) is 11.1. The Morgan fingerprint density at radius 2 is 0.795 bits per heavy atom. The summed E-state index contributed by atoms with van der Waals surface area (Å²) >= 11 is 0. The van der Waals surface area contributed by atoms with Crippen molar-refractivity contribution in [1.29, 1.82) is 0 Å². The minimum atomic E-state index is 0. The first kappa shape index (κ1) is 39.5. The zero-order valence-corrected chi connectivity index (χ0v) is 28.4. The fourth-order valence-electron chi connectivity index (χ4n) is 4.72. The fraction of sp³-hybridized carbons (Fsp3) is 0.406. The van der Waals surface area contributed by atoms with E-state index < -0.39 is 0 Å². The maximum Gasteiger partial charge on any atom is 3.00 e. The molecule has 3 rings (SSSR count). The number of halogens is 3. The third-order valence-electron chi connectivity index (χ3n) is 6.62. The van der Waals surface area contributed by atoms with Gasteiger partial charge < -0.3 is 37.2 Å². The molecule has 1 heterocycles. The number of hydrogen-bond donors (Lipinski definition) is 0. The number of nitrogens with zero attached hydrogens (tertiary/aromatic N) is 3. The van der Waals surface area contributed by atoms with Gasteiger partial charge in [-0.15, -0.1) is 0 Å². The number of aryl methyl sites for hydroxylation is 7. The summed E-state index contributed by atoms with van der Waals surface area (Å²) in [4.78, 5) is 15.3. The van der Waals surface area contributed by atoms with E-state index in [0.717, 1.165) is 59.9 Å². The predicted octanol–water partition coefficient (Wildman–Crippen LogP) is -0.453. The van der Waals surface area contributed by atoms with Crippen LogP contribution in [0, 0.1) is 20.8 Å². The van der Waals surface area contributed by atoms with Gasteiger partial charge in [0, 0.05) is 0 Å². The van der Waals surface area contributed by atoms with Gasteiger partial charge in [0.2, 0.25) is 0 Å². The van der Waals surface area contributed by atoms with Crippen LogP contribution in [0.5, 0.6) is 0 Å². The van der Waals surface area contributed by atoms with Crippen LogP contribution < -0.4 is 37.2 Å². The Labute approximate surface area is 266 Å². The Kier molecular flexibility index (Phi) is 18.2. The average molecular weight is 625 g/mol. The molecule has 7 heteroatoms. The Morgan fingerprint density at radius 1 is 0.538 bits per heavy atom. The third-order valence-corrected chi connectivity index (χ3v) is 6.62. The summed E-state index contributed by atoms with van der Waals surface area (Å²) in [5.74, 6) is 0. The number of pyridine rings is 1. The van der Waals surface area contributed by atoms with Crippen LogP contribution in [-0.2, 0) is 44.2 Å². The van der Waals surface area contributed by atoms with Gasteiger partial charge in [0.05, 0.1) is 34.2 Å². The summed E-state index contributed by atoms with van der Waals surface area (Å²) in [5.41, 5.74) is 14.9. The molecule has 0 saturated heterocycles. The van der Waals surface area contributed by atoms with Crippen molar-refractivity contribution >= 4 is 22.8 Å². The van der Waals surface area contributed by atoms with Gasteiger partial charge in [-0.2, -0.15) is 0 Å². The summed E-state index contributed by atoms with van der Waals surface area (Å²) < 4.78 is 0. The van der Waals surface area contributed by atoms with Gasteiger partial charge in [-0.1, -0.05) is 63.1 Å². The molecule has 2 aromatic carbocycles. The second kappa shape index (κ2) is 17.9. The van der Waals surface area contributed by atoms with Gasteiger partial charge in [0.15, 0.2) is 0 Å². The van der Waals surface area contributed by atoms with E-state index in [2.05, 4.69) is 98.7 Å². The Morgan fingerprint density at radius 3 is 1.05 bits per heavy atom.